The molecule has 0 unspecified atom stereocenters. The summed E-state index contributed by atoms with van der Waals surface area (Å²) in [5, 5.41) is 0. The number of hydrogen-bond acceptors (Lipinski definition) is 2. The van der Waals surface area contributed by atoms with Crippen molar-refractivity contribution in [2.45, 2.75) is 137 Å². The molecule has 0 aliphatic heterocycles. The van der Waals surface area contributed by atoms with E-state index < -0.39 is 0 Å². The zero-order chi connectivity index (χ0) is 25.6. The van der Waals surface area contributed by atoms with E-state index in [4.69, 9.17) is 0 Å². The zero-order valence-electron chi connectivity index (χ0n) is 23.6. The highest BCUT2D eigenvalue weighted by Gasteiger charge is 2.30. The standard InChI is InChI=1S/C36H50S2/c1-3-7-27(8-4-1)29-11-15-31(16-12-29)33-19-23-35(24-20-33)37-38-36-25-21-34(22-26-36)32-17-13-30(14-18-32)28-9-5-2-6-10-28/h19-32H,1-18H2. The van der Waals surface area contributed by atoms with Gasteiger partial charge in [0.15, 0.2) is 0 Å². The molecule has 4 fully saturated rings. The highest BCUT2D eigenvalue weighted by Crippen LogP contribution is 2.45. The van der Waals surface area contributed by atoms with Gasteiger partial charge in [-0.3, -0.25) is 0 Å². The Morgan fingerprint density at radius 1 is 0.342 bits per heavy atom. The predicted octanol–water partition coefficient (Wildman–Crippen LogP) is 12.2. The van der Waals surface area contributed by atoms with E-state index >= 15 is 0 Å². The van der Waals surface area contributed by atoms with E-state index in [0.717, 1.165) is 35.5 Å². The van der Waals surface area contributed by atoms with Crippen LogP contribution in [0.1, 0.15) is 139 Å². The Kier molecular flexibility index (Phi) is 9.83. The van der Waals surface area contributed by atoms with Gasteiger partial charge in [0.05, 0.1) is 0 Å². The van der Waals surface area contributed by atoms with Crippen LogP contribution in [0.4, 0.5) is 0 Å². The maximum Gasteiger partial charge on any atom is 0.0186 e. The molecule has 0 atom stereocenters. The Labute approximate surface area is 241 Å². The van der Waals surface area contributed by atoms with Crippen molar-refractivity contribution in [1.82, 2.24) is 0 Å². The van der Waals surface area contributed by atoms with Crippen LogP contribution in [0.25, 0.3) is 0 Å². The first-order chi connectivity index (χ1) is 18.8. The lowest BCUT2D eigenvalue weighted by Crippen LogP contribution is -2.23. The summed E-state index contributed by atoms with van der Waals surface area (Å²) in [6.45, 7) is 0. The van der Waals surface area contributed by atoms with E-state index in [0.29, 0.717) is 0 Å². The molecule has 0 nitrogen and oxygen atoms in total. The van der Waals surface area contributed by atoms with Crippen LogP contribution >= 0.6 is 21.6 Å². The third-order valence-electron chi connectivity index (χ3n) is 11.1. The lowest BCUT2D eigenvalue weighted by Gasteiger charge is -2.36. The van der Waals surface area contributed by atoms with E-state index in [1.165, 1.54) is 125 Å². The Morgan fingerprint density at radius 3 is 1.00 bits per heavy atom. The van der Waals surface area contributed by atoms with Crippen LogP contribution in [-0.4, -0.2) is 0 Å². The molecule has 2 aromatic rings. The molecule has 0 saturated heterocycles. The van der Waals surface area contributed by atoms with Crippen molar-refractivity contribution in [2.75, 3.05) is 0 Å². The largest absolute Gasteiger partial charge is 0.0576 e. The second-order valence-electron chi connectivity index (χ2n) is 13.3. The van der Waals surface area contributed by atoms with Gasteiger partial charge in [-0.2, -0.15) is 0 Å². The molecule has 0 bridgehead atoms. The van der Waals surface area contributed by atoms with Crippen LogP contribution in [0, 0.1) is 23.7 Å². The summed E-state index contributed by atoms with van der Waals surface area (Å²) >= 11 is 0. The Morgan fingerprint density at radius 2 is 0.658 bits per heavy atom. The SMILES string of the molecule is c1cc(C2CCC(C3CCCCC3)CC2)ccc1SSc1ccc(C2CCC(C3CCCCC3)CC2)cc1. The van der Waals surface area contributed by atoms with Gasteiger partial charge in [0.2, 0.25) is 0 Å². The summed E-state index contributed by atoms with van der Waals surface area (Å²) in [6.07, 6.45) is 26.6. The topological polar surface area (TPSA) is 0 Å². The fraction of sp³-hybridized carbons (Fsp3) is 0.667. The average molecular weight is 547 g/mol. The van der Waals surface area contributed by atoms with E-state index in [2.05, 4.69) is 48.5 Å². The second kappa shape index (κ2) is 13.7. The average Bonchev–Trinajstić information content (AvgIpc) is 3.02. The zero-order valence-corrected chi connectivity index (χ0v) is 25.3. The van der Waals surface area contributed by atoms with E-state index in [9.17, 15) is 0 Å². The molecule has 0 aromatic heterocycles. The van der Waals surface area contributed by atoms with Gasteiger partial charge in [-0.1, -0.05) is 110 Å². The molecule has 0 N–H and O–H groups in total. The quantitative estimate of drug-likeness (QED) is 0.317. The molecule has 2 heteroatoms. The van der Waals surface area contributed by atoms with Crippen LogP contribution in [0.3, 0.4) is 0 Å². The van der Waals surface area contributed by atoms with E-state index in [1.807, 2.05) is 21.6 Å². The van der Waals surface area contributed by atoms with Gasteiger partial charge >= 0.3 is 0 Å². The molecule has 38 heavy (non-hydrogen) atoms. The maximum atomic E-state index is 2.43. The molecule has 0 amide bonds. The van der Waals surface area contributed by atoms with Gasteiger partial charge < -0.3 is 0 Å². The van der Waals surface area contributed by atoms with Crippen molar-refractivity contribution in [3.8, 4) is 0 Å². The lowest BCUT2D eigenvalue weighted by atomic mass is 9.70. The highest BCUT2D eigenvalue weighted by atomic mass is 33.1. The molecule has 2 aromatic carbocycles. The number of hydrogen-bond donors (Lipinski definition) is 0. The molecular weight excluding hydrogens is 497 g/mol. The van der Waals surface area contributed by atoms with Gasteiger partial charge in [0, 0.05) is 9.79 Å². The molecule has 206 valence electrons. The number of rotatable bonds is 7. The minimum absolute atomic E-state index is 0.798. The molecular formula is C36H50S2. The van der Waals surface area contributed by atoms with Crippen LogP contribution < -0.4 is 0 Å². The van der Waals surface area contributed by atoms with E-state index in [1.54, 1.807) is 11.1 Å². The lowest BCUT2D eigenvalue weighted by molar-refractivity contribution is 0.186. The van der Waals surface area contributed by atoms with E-state index in [-0.39, 0.29) is 0 Å². The smallest absolute Gasteiger partial charge is 0.0186 e. The fourth-order valence-corrected chi connectivity index (χ4v) is 10.7. The fourth-order valence-electron chi connectivity index (χ4n) is 8.75. The summed E-state index contributed by atoms with van der Waals surface area (Å²) in [7, 11) is 3.84. The van der Waals surface area contributed by atoms with Gasteiger partial charge in [0.25, 0.3) is 0 Å². The third-order valence-corrected chi connectivity index (χ3v) is 13.5. The first-order valence-corrected chi connectivity index (χ1v) is 18.5. The van der Waals surface area contributed by atoms with Crippen molar-refractivity contribution in [1.29, 1.82) is 0 Å². The maximum absolute atomic E-state index is 2.43. The summed E-state index contributed by atoms with van der Waals surface area (Å²) in [6, 6.07) is 19.2. The van der Waals surface area contributed by atoms with Crippen LogP contribution in [0.5, 0.6) is 0 Å². The van der Waals surface area contributed by atoms with Crippen molar-refractivity contribution >= 4 is 21.6 Å². The molecule has 4 aliphatic rings. The first-order valence-electron chi connectivity index (χ1n) is 16.4. The normalized spacial score (nSPS) is 29.8. The third kappa shape index (κ3) is 7.06. The predicted molar refractivity (Wildman–Crippen MR) is 167 cm³/mol. The summed E-state index contributed by atoms with van der Waals surface area (Å²) < 4.78 is 0. The van der Waals surface area contributed by atoms with Crippen molar-refractivity contribution < 1.29 is 0 Å². The molecule has 4 saturated carbocycles. The minimum atomic E-state index is 0.798. The molecule has 0 heterocycles. The minimum Gasteiger partial charge on any atom is -0.0576 e. The highest BCUT2D eigenvalue weighted by molar-refractivity contribution is 8.76. The Bertz CT molecular complexity index is 870. The molecule has 0 spiro atoms. The number of benzene rings is 2. The molecule has 0 radical (unpaired) electrons. The van der Waals surface area contributed by atoms with Crippen LogP contribution in [0.2, 0.25) is 0 Å². The van der Waals surface area contributed by atoms with Crippen LogP contribution in [-0.2, 0) is 0 Å². The summed E-state index contributed by atoms with van der Waals surface area (Å²) in [5.41, 5.74) is 3.17. The summed E-state index contributed by atoms with van der Waals surface area (Å²) in [5.74, 6) is 5.76. The van der Waals surface area contributed by atoms with Crippen LogP contribution in [0.15, 0.2) is 58.3 Å². The van der Waals surface area contributed by atoms with Gasteiger partial charge in [-0.25, -0.2) is 0 Å². The van der Waals surface area contributed by atoms with Crippen molar-refractivity contribution in [3.05, 3.63) is 59.7 Å². The monoisotopic (exact) mass is 546 g/mol. The van der Waals surface area contributed by atoms with Gasteiger partial charge in [0.1, 0.15) is 0 Å². The molecule has 4 aliphatic carbocycles. The van der Waals surface area contributed by atoms with Crippen molar-refractivity contribution in [3.63, 3.8) is 0 Å². The Balaban J connectivity index is 0.936. The van der Waals surface area contributed by atoms with Crippen molar-refractivity contribution in [2.24, 2.45) is 23.7 Å². The van der Waals surface area contributed by atoms with Gasteiger partial charge in [-0.05, 0) is 122 Å². The Hall–Kier alpha value is -0.860. The second-order valence-corrected chi connectivity index (χ2v) is 15.6. The van der Waals surface area contributed by atoms with Gasteiger partial charge in [-0.15, -0.1) is 0 Å². The summed E-state index contributed by atoms with van der Waals surface area (Å²) in [4.78, 5) is 2.78. The molecule has 6 rings (SSSR count). The first kappa shape index (κ1) is 27.3.